The minimum atomic E-state index is -0.727. The van der Waals surface area contributed by atoms with E-state index in [0.717, 1.165) is 5.56 Å². The van der Waals surface area contributed by atoms with E-state index in [9.17, 15) is 14.9 Å². The third-order valence-electron chi connectivity index (χ3n) is 3.14. The fraction of sp³-hybridized carbons (Fsp3) is 0.118. The zero-order chi connectivity index (χ0) is 16.7. The largest absolute Gasteiger partial charge is 0.497 e. The first-order chi connectivity index (χ1) is 11.1. The monoisotopic (exact) mass is 312 g/mol. The Morgan fingerprint density at radius 3 is 2.39 bits per heavy atom. The summed E-state index contributed by atoms with van der Waals surface area (Å²) in [6.45, 7) is 0.230. The van der Waals surface area contributed by atoms with Crippen molar-refractivity contribution in [1.82, 2.24) is 5.32 Å². The maximum absolute atomic E-state index is 12.0. The molecule has 0 aliphatic rings. The summed E-state index contributed by atoms with van der Waals surface area (Å²) >= 11 is 0. The summed E-state index contributed by atoms with van der Waals surface area (Å²) in [6.07, 6.45) is 1.24. The Balaban J connectivity index is 2.11. The molecule has 0 saturated heterocycles. The van der Waals surface area contributed by atoms with Gasteiger partial charge in [0.1, 0.15) is 5.75 Å². The number of benzene rings is 2. The average Bonchev–Trinajstić information content (AvgIpc) is 2.58. The van der Waals surface area contributed by atoms with Crippen LogP contribution in [0.15, 0.2) is 60.3 Å². The highest BCUT2D eigenvalue weighted by Crippen LogP contribution is 2.14. The Morgan fingerprint density at radius 2 is 1.83 bits per heavy atom. The van der Waals surface area contributed by atoms with Crippen LogP contribution in [0.1, 0.15) is 11.1 Å². The molecule has 0 atom stereocenters. The van der Waals surface area contributed by atoms with Gasteiger partial charge in [-0.1, -0.05) is 42.5 Å². The van der Waals surface area contributed by atoms with Gasteiger partial charge in [0.15, 0.2) is 0 Å². The summed E-state index contributed by atoms with van der Waals surface area (Å²) in [4.78, 5) is 22.5. The first kappa shape index (κ1) is 16.2. The summed E-state index contributed by atoms with van der Waals surface area (Å²) in [7, 11) is 1.53. The van der Waals surface area contributed by atoms with Crippen LogP contribution in [0.3, 0.4) is 0 Å². The SMILES string of the molecule is COc1ccc(/C=C(\C(=O)NCc2ccccc2)[N+](=O)[O-])cc1. The molecule has 2 rings (SSSR count). The average molecular weight is 312 g/mol. The van der Waals surface area contributed by atoms with Crippen molar-refractivity contribution in [2.75, 3.05) is 7.11 Å². The van der Waals surface area contributed by atoms with Crippen LogP contribution in [-0.2, 0) is 11.3 Å². The lowest BCUT2D eigenvalue weighted by Crippen LogP contribution is -2.27. The fourth-order valence-corrected chi connectivity index (χ4v) is 1.93. The molecule has 2 aromatic rings. The number of amides is 1. The minimum Gasteiger partial charge on any atom is -0.497 e. The first-order valence-electron chi connectivity index (χ1n) is 6.92. The maximum atomic E-state index is 12.0. The Bertz CT molecular complexity index is 709. The van der Waals surface area contributed by atoms with Crippen molar-refractivity contribution in [2.24, 2.45) is 0 Å². The van der Waals surface area contributed by atoms with Gasteiger partial charge in [-0.05, 0) is 23.3 Å². The quantitative estimate of drug-likeness (QED) is 0.505. The topological polar surface area (TPSA) is 81.5 Å². The predicted octanol–water partition coefficient (Wildman–Crippen LogP) is 2.63. The zero-order valence-electron chi connectivity index (χ0n) is 12.6. The number of rotatable bonds is 6. The van der Waals surface area contributed by atoms with Gasteiger partial charge in [-0.3, -0.25) is 14.9 Å². The number of nitrogens with one attached hydrogen (secondary N) is 1. The molecule has 0 unspecified atom stereocenters. The molecule has 2 aromatic carbocycles. The van der Waals surface area contributed by atoms with Gasteiger partial charge in [-0.15, -0.1) is 0 Å². The van der Waals surface area contributed by atoms with E-state index in [4.69, 9.17) is 4.74 Å². The van der Waals surface area contributed by atoms with Crippen LogP contribution in [0.5, 0.6) is 5.75 Å². The number of hydrogen-bond acceptors (Lipinski definition) is 4. The van der Waals surface area contributed by atoms with Crippen LogP contribution in [0, 0.1) is 10.1 Å². The highest BCUT2D eigenvalue weighted by atomic mass is 16.6. The molecular weight excluding hydrogens is 296 g/mol. The molecule has 6 heteroatoms. The molecule has 0 fully saturated rings. The van der Waals surface area contributed by atoms with Crippen molar-refractivity contribution in [3.63, 3.8) is 0 Å². The normalized spacial score (nSPS) is 10.9. The predicted molar refractivity (Wildman–Crippen MR) is 86.3 cm³/mol. The molecule has 23 heavy (non-hydrogen) atoms. The van der Waals surface area contributed by atoms with E-state index in [1.54, 1.807) is 24.3 Å². The van der Waals surface area contributed by atoms with E-state index >= 15 is 0 Å². The van der Waals surface area contributed by atoms with Crippen molar-refractivity contribution >= 4 is 12.0 Å². The van der Waals surface area contributed by atoms with Gasteiger partial charge in [-0.2, -0.15) is 0 Å². The van der Waals surface area contributed by atoms with Gasteiger partial charge in [0, 0.05) is 12.6 Å². The van der Waals surface area contributed by atoms with E-state index in [1.807, 2.05) is 30.3 Å². The van der Waals surface area contributed by atoms with Crippen molar-refractivity contribution < 1.29 is 14.5 Å². The Morgan fingerprint density at radius 1 is 1.17 bits per heavy atom. The molecular formula is C17H16N2O4. The molecule has 0 aromatic heterocycles. The number of methoxy groups -OCH3 is 1. The van der Waals surface area contributed by atoms with Crippen LogP contribution in [-0.4, -0.2) is 17.9 Å². The number of ether oxygens (including phenoxy) is 1. The number of carbonyl (C=O) groups is 1. The van der Waals surface area contributed by atoms with E-state index < -0.39 is 16.5 Å². The molecule has 0 saturated carbocycles. The summed E-state index contributed by atoms with van der Waals surface area (Å²) < 4.78 is 5.02. The summed E-state index contributed by atoms with van der Waals surface area (Å²) in [6, 6.07) is 15.8. The highest BCUT2D eigenvalue weighted by Gasteiger charge is 2.21. The molecule has 0 bridgehead atoms. The molecule has 0 heterocycles. The summed E-state index contributed by atoms with van der Waals surface area (Å²) in [5.41, 5.74) is 0.909. The van der Waals surface area contributed by atoms with Crippen molar-refractivity contribution in [1.29, 1.82) is 0 Å². The van der Waals surface area contributed by atoms with Gasteiger partial charge in [0.25, 0.3) is 0 Å². The third-order valence-corrected chi connectivity index (χ3v) is 3.14. The Hall–Kier alpha value is -3.15. The Kier molecular flexibility index (Phi) is 5.46. The van der Waals surface area contributed by atoms with Crippen molar-refractivity contribution in [2.45, 2.75) is 6.54 Å². The van der Waals surface area contributed by atoms with Crippen molar-refractivity contribution in [3.05, 3.63) is 81.5 Å². The van der Waals surface area contributed by atoms with E-state index in [2.05, 4.69) is 5.32 Å². The number of nitro groups is 1. The third kappa shape index (κ3) is 4.67. The van der Waals surface area contributed by atoms with Crippen LogP contribution in [0.25, 0.3) is 6.08 Å². The lowest BCUT2D eigenvalue weighted by molar-refractivity contribution is -0.417. The molecule has 0 spiro atoms. The Labute approximate surface area is 133 Å². The minimum absolute atomic E-state index is 0.230. The molecule has 118 valence electrons. The fourth-order valence-electron chi connectivity index (χ4n) is 1.93. The van der Waals surface area contributed by atoms with Gasteiger partial charge in [0.2, 0.25) is 0 Å². The van der Waals surface area contributed by atoms with Crippen LogP contribution >= 0.6 is 0 Å². The van der Waals surface area contributed by atoms with Crippen LogP contribution < -0.4 is 10.1 Å². The molecule has 0 aliphatic heterocycles. The van der Waals surface area contributed by atoms with Gasteiger partial charge in [-0.25, -0.2) is 0 Å². The first-order valence-corrected chi connectivity index (χ1v) is 6.92. The zero-order valence-corrected chi connectivity index (χ0v) is 12.6. The summed E-state index contributed by atoms with van der Waals surface area (Å²) in [5.74, 6) is -0.0898. The number of carbonyl (C=O) groups excluding carboxylic acids is 1. The van der Waals surface area contributed by atoms with E-state index in [1.165, 1.54) is 13.2 Å². The second-order valence-corrected chi connectivity index (χ2v) is 4.73. The lowest BCUT2D eigenvalue weighted by Gasteiger charge is -2.04. The molecule has 0 aliphatic carbocycles. The van der Waals surface area contributed by atoms with E-state index in [0.29, 0.717) is 11.3 Å². The van der Waals surface area contributed by atoms with Crippen molar-refractivity contribution in [3.8, 4) is 5.75 Å². The van der Waals surface area contributed by atoms with Crippen LogP contribution in [0.4, 0.5) is 0 Å². The van der Waals surface area contributed by atoms with Gasteiger partial charge >= 0.3 is 11.6 Å². The molecule has 6 nitrogen and oxygen atoms in total. The number of hydrogen-bond donors (Lipinski definition) is 1. The lowest BCUT2D eigenvalue weighted by atomic mass is 10.1. The second kappa shape index (κ2) is 7.74. The number of nitrogens with zero attached hydrogens (tertiary/aromatic N) is 1. The molecule has 0 radical (unpaired) electrons. The van der Waals surface area contributed by atoms with Gasteiger partial charge in [0.05, 0.1) is 12.0 Å². The van der Waals surface area contributed by atoms with Crippen LogP contribution in [0.2, 0.25) is 0 Å². The second-order valence-electron chi connectivity index (χ2n) is 4.73. The molecule has 1 amide bonds. The highest BCUT2D eigenvalue weighted by molar-refractivity contribution is 5.95. The van der Waals surface area contributed by atoms with E-state index in [-0.39, 0.29) is 6.54 Å². The molecule has 1 N–H and O–H groups in total. The smallest absolute Gasteiger partial charge is 0.334 e. The standard InChI is InChI=1S/C17H16N2O4/c1-23-15-9-7-13(8-10-15)11-16(19(21)22)17(20)18-12-14-5-3-2-4-6-14/h2-11H,12H2,1H3,(H,18,20)/b16-11+. The van der Waals surface area contributed by atoms with Gasteiger partial charge < -0.3 is 10.1 Å². The summed E-state index contributed by atoms with van der Waals surface area (Å²) in [5, 5.41) is 13.7. The maximum Gasteiger partial charge on any atom is 0.334 e.